The molecule has 2 aromatic heterocycles. The molecule has 2 aliphatic heterocycles. The molecular formula is C22H17FN6O3. The van der Waals surface area contributed by atoms with Gasteiger partial charge in [0.05, 0.1) is 43.4 Å². The Labute approximate surface area is 182 Å². The largest absolute Gasteiger partial charge is 0.421 e. The third-order valence-corrected chi connectivity index (χ3v) is 6.62. The Kier molecular flexibility index (Phi) is 4.03. The highest BCUT2D eigenvalue weighted by Gasteiger charge is 2.70. The zero-order valence-corrected chi connectivity index (χ0v) is 16.8. The molecule has 3 aromatic rings. The summed E-state index contributed by atoms with van der Waals surface area (Å²) in [6.07, 6.45) is 3.48. The van der Waals surface area contributed by atoms with E-state index in [-0.39, 0.29) is 18.4 Å². The monoisotopic (exact) mass is 432 g/mol. The van der Waals surface area contributed by atoms with Gasteiger partial charge in [-0.3, -0.25) is 9.88 Å². The molecule has 1 aromatic carbocycles. The van der Waals surface area contributed by atoms with Crippen molar-refractivity contribution in [3.63, 3.8) is 0 Å². The number of carbonyl (C=O) groups is 1. The molecule has 1 saturated carbocycles. The number of halogens is 1. The first-order valence-corrected chi connectivity index (χ1v) is 10.2. The van der Waals surface area contributed by atoms with Crippen LogP contribution in [0, 0.1) is 29.0 Å². The lowest BCUT2D eigenvalue weighted by Crippen LogP contribution is -2.24. The van der Waals surface area contributed by atoms with Crippen LogP contribution in [0.4, 0.5) is 14.9 Å². The third kappa shape index (κ3) is 2.64. The lowest BCUT2D eigenvalue weighted by molar-refractivity contribution is 0.0922. The molecule has 0 radical (unpaired) electrons. The van der Waals surface area contributed by atoms with E-state index >= 15 is 0 Å². The molecule has 3 fully saturated rings. The SMILES string of the molecule is N#C[C@]1(c2ccc(-c3ccc(N4CC(n5ccnn5)OC4=O)cc3F)cn2)[C@@H]2COC[C@@H]21. The predicted octanol–water partition coefficient (Wildman–Crippen LogP) is 2.67. The van der Waals surface area contributed by atoms with Gasteiger partial charge in [-0.1, -0.05) is 11.3 Å². The van der Waals surface area contributed by atoms with E-state index in [0.29, 0.717) is 35.7 Å². The second-order valence-electron chi connectivity index (χ2n) is 8.16. The summed E-state index contributed by atoms with van der Waals surface area (Å²) in [7, 11) is 0. The van der Waals surface area contributed by atoms with Crippen molar-refractivity contribution in [2.24, 2.45) is 11.8 Å². The Morgan fingerprint density at radius 3 is 2.72 bits per heavy atom. The molecule has 9 nitrogen and oxygen atoms in total. The number of fused-ring (bicyclic) bond motifs is 1. The fraction of sp³-hybridized carbons (Fsp3) is 0.318. The van der Waals surface area contributed by atoms with Gasteiger partial charge in [0.15, 0.2) is 0 Å². The summed E-state index contributed by atoms with van der Waals surface area (Å²) in [6, 6.07) is 10.6. The minimum absolute atomic E-state index is 0.184. The number of anilines is 1. The number of hydrogen-bond acceptors (Lipinski definition) is 7. The van der Waals surface area contributed by atoms with Gasteiger partial charge < -0.3 is 9.47 Å². The van der Waals surface area contributed by atoms with Crippen LogP contribution in [0.5, 0.6) is 0 Å². The number of carbonyl (C=O) groups excluding carboxylic acids is 1. The van der Waals surface area contributed by atoms with Gasteiger partial charge in [0.25, 0.3) is 0 Å². The summed E-state index contributed by atoms with van der Waals surface area (Å²) in [5.41, 5.74) is 1.46. The minimum Gasteiger partial charge on any atom is -0.421 e. The lowest BCUT2D eigenvalue weighted by atomic mass is 9.96. The van der Waals surface area contributed by atoms with Crippen LogP contribution in [-0.2, 0) is 14.9 Å². The zero-order valence-electron chi connectivity index (χ0n) is 16.8. The Hall–Kier alpha value is -3.84. The van der Waals surface area contributed by atoms with Crippen molar-refractivity contribution in [1.29, 1.82) is 5.26 Å². The van der Waals surface area contributed by atoms with Crippen LogP contribution in [-0.4, -0.2) is 45.8 Å². The van der Waals surface area contributed by atoms with Gasteiger partial charge >= 0.3 is 6.09 Å². The fourth-order valence-corrected chi connectivity index (χ4v) is 4.83. The molecule has 1 unspecified atom stereocenters. The van der Waals surface area contributed by atoms with Gasteiger partial charge in [-0.2, -0.15) is 5.26 Å². The number of benzene rings is 1. The molecule has 1 amide bonds. The van der Waals surface area contributed by atoms with Crippen molar-refractivity contribution < 1.29 is 18.7 Å². The van der Waals surface area contributed by atoms with Gasteiger partial charge in [-0.15, -0.1) is 5.10 Å². The summed E-state index contributed by atoms with van der Waals surface area (Å²) in [6.45, 7) is 1.35. The van der Waals surface area contributed by atoms with E-state index < -0.39 is 23.6 Å². The molecule has 160 valence electrons. The molecular weight excluding hydrogens is 415 g/mol. The molecule has 0 bridgehead atoms. The Morgan fingerprint density at radius 1 is 1.22 bits per heavy atom. The Balaban J connectivity index is 1.23. The number of nitriles is 1. The van der Waals surface area contributed by atoms with E-state index in [1.54, 1.807) is 36.7 Å². The fourth-order valence-electron chi connectivity index (χ4n) is 4.83. The summed E-state index contributed by atoms with van der Waals surface area (Å²) >= 11 is 0. The van der Waals surface area contributed by atoms with E-state index in [1.165, 1.54) is 21.8 Å². The van der Waals surface area contributed by atoms with Gasteiger partial charge in [0.1, 0.15) is 11.2 Å². The van der Waals surface area contributed by atoms with Crippen molar-refractivity contribution in [2.45, 2.75) is 11.6 Å². The van der Waals surface area contributed by atoms with Crippen molar-refractivity contribution in [3.05, 3.63) is 60.4 Å². The Bertz CT molecular complexity index is 1230. The molecule has 4 atom stereocenters. The average Bonchev–Trinajstić information content (AvgIpc) is 3.36. The van der Waals surface area contributed by atoms with E-state index in [0.717, 1.165) is 0 Å². The number of cyclic esters (lactones) is 1. The summed E-state index contributed by atoms with van der Waals surface area (Å²) in [5, 5.41) is 17.3. The van der Waals surface area contributed by atoms with Gasteiger partial charge in [0, 0.05) is 35.4 Å². The van der Waals surface area contributed by atoms with Crippen LogP contribution in [0.2, 0.25) is 0 Å². The number of pyridine rings is 1. The molecule has 32 heavy (non-hydrogen) atoms. The second-order valence-corrected chi connectivity index (χ2v) is 8.16. The van der Waals surface area contributed by atoms with E-state index in [9.17, 15) is 14.4 Å². The molecule has 3 aliphatic rings. The smallest absolute Gasteiger partial charge is 0.416 e. The van der Waals surface area contributed by atoms with E-state index in [1.807, 2.05) is 0 Å². The third-order valence-electron chi connectivity index (χ3n) is 6.62. The van der Waals surface area contributed by atoms with Crippen LogP contribution in [0.1, 0.15) is 11.9 Å². The predicted molar refractivity (Wildman–Crippen MR) is 108 cm³/mol. The molecule has 6 rings (SSSR count). The first-order chi connectivity index (χ1) is 15.6. The summed E-state index contributed by atoms with van der Waals surface area (Å²) in [5.74, 6) is -0.118. The van der Waals surface area contributed by atoms with Crippen LogP contribution in [0.15, 0.2) is 48.9 Å². The van der Waals surface area contributed by atoms with Crippen molar-refractivity contribution in [2.75, 3.05) is 24.7 Å². The van der Waals surface area contributed by atoms with Crippen LogP contribution in [0.3, 0.4) is 0 Å². The van der Waals surface area contributed by atoms with E-state index in [2.05, 4.69) is 21.4 Å². The number of rotatable bonds is 4. The molecule has 2 saturated heterocycles. The number of aromatic nitrogens is 4. The average molecular weight is 432 g/mol. The van der Waals surface area contributed by atoms with Crippen LogP contribution in [0.25, 0.3) is 11.1 Å². The molecule has 10 heteroatoms. The number of amides is 1. The highest BCUT2D eigenvalue weighted by atomic mass is 19.1. The number of hydrogen-bond donors (Lipinski definition) is 0. The normalized spacial score (nSPS) is 28.3. The molecule has 4 heterocycles. The summed E-state index contributed by atoms with van der Waals surface area (Å²) < 4.78 is 27.1. The highest BCUT2D eigenvalue weighted by molar-refractivity contribution is 5.90. The summed E-state index contributed by atoms with van der Waals surface area (Å²) in [4.78, 5) is 18.1. The standard InChI is InChI=1S/C22H17FN6O3/c23-18-7-14(28-9-20(32-21(28)30)29-6-5-26-27-29)2-3-15(18)13-1-4-19(25-8-13)22(12-24)16-10-31-11-17(16)22/h1-8,16-17,20H,9-11H2/t16-,17+,20?,22+. The van der Waals surface area contributed by atoms with E-state index in [4.69, 9.17) is 9.47 Å². The molecule has 1 aliphatic carbocycles. The van der Waals surface area contributed by atoms with Crippen molar-refractivity contribution in [1.82, 2.24) is 20.0 Å². The Morgan fingerprint density at radius 2 is 2.06 bits per heavy atom. The van der Waals surface area contributed by atoms with Crippen LogP contribution < -0.4 is 4.90 Å². The number of ether oxygens (including phenoxy) is 2. The maximum atomic E-state index is 15.0. The van der Waals surface area contributed by atoms with Gasteiger partial charge in [0.2, 0.25) is 6.23 Å². The second kappa shape index (κ2) is 6.83. The van der Waals surface area contributed by atoms with Crippen molar-refractivity contribution in [3.8, 4) is 17.2 Å². The molecule has 0 N–H and O–H groups in total. The first kappa shape index (κ1) is 18.9. The van der Waals surface area contributed by atoms with Crippen molar-refractivity contribution >= 4 is 11.8 Å². The minimum atomic E-state index is -0.621. The quantitative estimate of drug-likeness (QED) is 0.624. The lowest BCUT2D eigenvalue weighted by Gasteiger charge is -2.15. The van der Waals surface area contributed by atoms with Crippen LogP contribution >= 0.6 is 0 Å². The number of nitrogens with zero attached hydrogens (tertiary/aromatic N) is 6. The first-order valence-electron chi connectivity index (χ1n) is 10.2. The van der Waals surface area contributed by atoms with Gasteiger partial charge in [-0.05, 0) is 24.3 Å². The maximum absolute atomic E-state index is 15.0. The maximum Gasteiger partial charge on any atom is 0.416 e. The zero-order chi connectivity index (χ0) is 21.9. The highest BCUT2D eigenvalue weighted by Crippen LogP contribution is 2.62. The van der Waals surface area contributed by atoms with Gasteiger partial charge in [-0.25, -0.2) is 13.9 Å². The topological polar surface area (TPSA) is 106 Å². The molecule has 0 spiro atoms.